The Labute approximate surface area is 156 Å². The van der Waals surface area contributed by atoms with Crippen molar-refractivity contribution in [3.8, 4) is 5.75 Å². The highest BCUT2D eigenvalue weighted by Gasteiger charge is 2.41. The lowest BCUT2D eigenvalue weighted by Gasteiger charge is -2.38. The fourth-order valence-electron chi connectivity index (χ4n) is 2.93. The van der Waals surface area contributed by atoms with Crippen molar-refractivity contribution in [1.82, 2.24) is 0 Å². The minimum absolute atomic E-state index is 0.0445. The van der Waals surface area contributed by atoms with E-state index in [-0.39, 0.29) is 29.7 Å². The normalized spacial score (nSPS) is 14.9. The standard InChI is InChI=1S/C20H20N2O5/c1-12-5-4-6-14(9-12)21-17(23)11-22-15-8-7-13(18(24)25)10-16(15)27-20(2,3)19(22)26/h4-10H,11H2,1-3H3,(H,21,23)(H,24,25). The highest BCUT2D eigenvalue weighted by Crippen LogP contribution is 2.38. The van der Waals surface area contributed by atoms with E-state index in [9.17, 15) is 14.4 Å². The number of fused-ring (bicyclic) bond motifs is 1. The number of hydrogen-bond donors (Lipinski definition) is 2. The van der Waals surface area contributed by atoms with Crippen molar-refractivity contribution >= 4 is 29.2 Å². The summed E-state index contributed by atoms with van der Waals surface area (Å²) in [7, 11) is 0. The van der Waals surface area contributed by atoms with Crippen molar-refractivity contribution in [2.24, 2.45) is 0 Å². The number of carbonyl (C=O) groups excluding carboxylic acids is 2. The summed E-state index contributed by atoms with van der Waals surface area (Å²) >= 11 is 0. The molecule has 27 heavy (non-hydrogen) atoms. The Bertz CT molecular complexity index is 936. The van der Waals surface area contributed by atoms with Crippen LogP contribution in [0.15, 0.2) is 42.5 Å². The molecule has 7 nitrogen and oxygen atoms in total. The van der Waals surface area contributed by atoms with E-state index >= 15 is 0 Å². The number of carbonyl (C=O) groups is 3. The lowest BCUT2D eigenvalue weighted by Crippen LogP contribution is -2.54. The first-order chi connectivity index (χ1) is 12.7. The molecule has 2 aromatic carbocycles. The van der Waals surface area contributed by atoms with Crippen molar-refractivity contribution in [3.05, 3.63) is 53.6 Å². The number of benzene rings is 2. The fourth-order valence-corrected chi connectivity index (χ4v) is 2.93. The Morgan fingerprint density at radius 1 is 1.19 bits per heavy atom. The molecule has 2 amide bonds. The molecule has 0 saturated heterocycles. The number of nitrogens with one attached hydrogen (secondary N) is 1. The van der Waals surface area contributed by atoms with Gasteiger partial charge >= 0.3 is 5.97 Å². The van der Waals surface area contributed by atoms with Gasteiger partial charge in [-0.2, -0.15) is 0 Å². The molecule has 0 bridgehead atoms. The van der Waals surface area contributed by atoms with Crippen LogP contribution in [-0.4, -0.2) is 35.0 Å². The minimum atomic E-state index is -1.21. The number of aromatic carboxylic acids is 1. The van der Waals surface area contributed by atoms with Crippen LogP contribution in [0, 0.1) is 6.92 Å². The van der Waals surface area contributed by atoms with Gasteiger partial charge in [-0.15, -0.1) is 0 Å². The van der Waals surface area contributed by atoms with Gasteiger partial charge < -0.3 is 15.2 Å². The molecular formula is C20H20N2O5. The number of aryl methyl sites for hydroxylation is 1. The maximum absolute atomic E-state index is 12.8. The molecule has 0 radical (unpaired) electrons. The van der Waals surface area contributed by atoms with E-state index in [1.807, 2.05) is 25.1 Å². The Kier molecular flexibility index (Phi) is 4.61. The molecule has 0 unspecified atom stereocenters. The Hall–Kier alpha value is -3.35. The number of ether oxygens (including phenoxy) is 1. The quantitative estimate of drug-likeness (QED) is 0.865. The maximum Gasteiger partial charge on any atom is 0.335 e. The molecule has 140 valence electrons. The summed E-state index contributed by atoms with van der Waals surface area (Å²) in [6, 6.07) is 11.6. The second kappa shape index (κ2) is 6.75. The fraction of sp³-hybridized carbons (Fsp3) is 0.250. The topological polar surface area (TPSA) is 95.9 Å². The summed E-state index contributed by atoms with van der Waals surface area (Å²) < 4.78 is 5.68. The van der Waals surface area contributed by atoms with Crippen LogP contribution < -0.4 is 15.0 Å². The molecule has 0 aliphatic carbocycles. The zero-order valence-electron chi connectivity index (χ0n) is 15.3. The van der Waals surface area contributed by atoms with Gasteiger partial charge in [0.05, 0.1) is 11.3 Å². The monoisotopic (exact) mass is 368 g/mol. The second-order valence-electron chi connectivity index (χ2n) is 6.91. The van der Waals surface area contributed by atoms with E-state index < -0.39 is 11.6 Å². The average Bonchev–Trinajstić information content (AvgIpc) is 2.58. The van der Waals surface area contributed by atoms with Crippen LogP contribution in [-0.2, 0) is 9.59 Å². The van der Waals surface area contributed by atoms with Gasteiger partial charge in [-0.25, -0.2) is 4.79 Å². The molecule has 0 spiro atoms. The van der Waals surface area contributed by atoms with E-state index in [1.54, 1.807) is 19.9 Å². The van der Waals surface area contributed by atoms with Gasteiger partial charge in [-0.05, 0) is 56.7 Å². The zero-order chi connectivity index (χ0) is 19.8. The number of hydrogen-bond acceptors (Lipinski definition) is 4. The number of carboxylic acids is 1. The lowest BCUT2D eigenvalue weighted by atomic mass is 10.0. The highest BCUT2D eigenvalue weighted by atomic mass is 16.5. The first-order valence-electron chi connectivity index (χ1n) is 8.42. The molecule has 0 saturated carbocycles. The summed E-state index contributed by atoms with van der Waals surface area (Å²) in [4.78, 5) is 37.8. The van der Waals surface area contributed by atoms with Gasteiger partial charge in [0, 0.05) is 5.69 Å². The van der Waals surface area contributed by atoms with Crippen LogP contribution in [0.25, 0.3) is 0 Å². The molecule has 2 N–H and O–H groups in total. The summed E-state index contributed by atoms with van der Waals surface area (Å²) in [5.74, 6) is -1.58. The molecule has 1 heterocycles. The van der Waals surface area contributed by atoms with Crippen molar-refractivity contribution < 1.29 is 24.2 Å². The third-order valence-electron chi connectivity index (χ3n) is 4.23. The molecule has 2 aromatic rings. The van der Waals surface area contributed by atoms with Gasteiger partial charge in [0.1, 0.15) is 12.3 Å². The summed E-state index contributed by atoms with van der Waals surface area (Å²) in [5.41, 5.74) is 0.837. The SMILES string of the molecule is Cc1cccc(NC(=O)CN2C(=O)C(C)(C)Oc3cc(C(=O)O)ccc32)c1. The smallest absolute Gasteiger partial charge is 0.335 e. The third-order valence-corrected chi connectivity index (χ3v) is 4.23. The summed E-state index contributed by atoms with van der Waals surface area (Å²) in [6.07, 6.45) is 0. The largest absolute Gasteiger partial charge is 0.478 e. The maximum atomic E-state index is 12.8. The lowest BCUT2D eigenvalue weighted by molar-refractivity contribution is -0.133. The number of rotatable bonds is 4. The number of carboxylic acid groups (broad SMARTS) is 1. The van der Waals surface area contributed by atoms with Gasteiger partial charge in [0.15, 0.2) is 5.60 Å². The van der Waals surface area contributed by atoms with E-state index in [0.29, 0.717) is 11.4 Å². The second-order valence-corrected chi connectivity index (χ2v) is 6.91. The van der Waals surface area contributed by atoms with E-state index in [2.05, 4.69) is 5.32 Å². The molecular weight excluding hydrogens is 348 g/mol. The first kappa shape index (κ1) is 18.4. The molecule has 0 fully saturated rings. The van der Waals surface area contributed by atoms with Crippen LogP contribution in [0.3, 0.4) is 0 Å². The van der Waals surface area contributed by atoms with Gasteiger partial charge in [-0.1, -0.05) is 12.1 Å². The molecule has 1 aliphatic heterocycles. The van der Waals surface area contributed by atoms with E-state index in [1.165, 1.54) is 23.1 Å². The van der Waals surface area contributed by atoms with Crippen LogP contribution in [0.4, 0.5) is 11.4 Å². The zero-order valence-corrected chi connectivity index (χ0v) is 15.3. The number of nitrogens with zero attached hydrogens (tertiary/aromatic N) is 1. The van der Waals surface area contributed by atoms with E-state index in [0.717, 1.165) is 5.56 Å². The van der Waals surface area contributed by atoms with Crippen LogP contribution in [0.2, 0.25) is 0 Å². The Morgan fingerprint density at radius 2 is 1.93 bits per heavy atom. The van der Waals surface area contributed by atoms with Crippen molar-refractivity contribution in [2.75, 3.05) is 16.8 Å². The molecule has 3 rings (SSSR count). The van der Waals surface area contributed by atoms with Crippen LogP contribution in [0.1, 0.15) is 29.8 Å². The molecule has 1 aliphatic rings. The number of anilines is 2. The third kappa shape index (κ3) is 3.76. The highest BCUT2D eigenvalue weighted by molar-refractivity contribution is 6.08. The first-order valence-corrected chi connectivity index (χ1v) is 8.42. The number of amides is 2. The van der Waals surface area contributed by atoms with Crippen molar-refractivity contribution in [2.45, 2.75) is 26.4 Å². The van der Waals surface area contributed by atoms with Gasteiger partial charge in [0.2, 0.25) is 5.91 Å². The van der Waals surface area contributed by atoms with Gasteiger partial charge in [-0.3, -0.25) is 14.5 Å². The van der Waals surface area contributed by atoms with Gasteiger partial charge in [0.25, 0.3) is 5.91 Å². The molecule has 7 heteroatoms. The summed E-state index contributed by atoms with van der Waals surface area (Å²) in [5, 5.41) is 11.9. The Morgan fingerprint density at radius 3 is 2.59 bits per heavy atom. The molecule has 0 aromatic heterocycles. The minimum Gasteiger partial charge on any atom is -0.478 e. The van der Waals surface area contributed by atoms with Crippen molar-refractivity contribution in [1.29, 1.82) is 0 Å². The molecule has 0 atom stereocenters. The van der Waals surface area contributed by atoms with Crippen molar-refractivity contribution in [3.63, 3.8) is 0 Å². The predicted molar refractivity (Wildman–Crippen MR) is 100 cm³/mol. The van der Waals surface area contributed by atoms with E-state index in [4.69, 9.17) is 9.84 Å². The summed E-state index contributed by atoms with van der Waals surface area (Å²) in [6.45, 7) is 4.87. The Balaban J connectivity index is 1.88. The average molecular weight is 368 g/mol. The predicted octanol–water partition coefficient (Wildman–Crippen LogP) is 2.84. The van der Waals surface area contributed by atoms with Crippen LogP contribution >= 0.6 is 0 Å². The van der Waals surface area contributed by atoms with Crippen LogP contribution in [0.5, 0.6) is 5.75 Å².